The first kappa shape index (κ1) is 9.92. The van der Waals surface area contributed by atoms with Crippen molar-refractivity contribution in [3.05, 3.63) is 29.3 Å². The lowest BCUT2D eigenvalue weighted by Crippen LogP contribution is -2.06. The molecule has 2 N–H and O–H groups in total. The van der Waals surface area contributed by atoms with E-state index in [0.29, 0.717) is 5.56 Å². The molecule has 0 aliphatic heterocycles. The predicted octanol–water partition coefficient (Wildman–Crippen LogP) is 1.99. The van der Waals surface area contributed by atoms with E-state index in [2.05, 4.69) is 4.74 Å². The fourth-order valence-corrected chi connectivity index (χ4v) is 0.995. The molecule has 0 heterocycles. The van der Waals surface area contributed by atoms with Crippen molar-refractivity contribution >= 4 is 0 Å². The van der Waals surface area contributed by atoms with E-state index in [9.17, 15) is 8.78 Å². The van der Waals surface area contributed by atoms with Gasteiger partial charge in [-0.05, 0) is 24.6 Å². The molecule has 0 amide bonds. The number of nitrogens with two attached hydrogens (primary N) is 1. The van der Waals surface area contributed by atoms with Crippen LogP contribution in [0.15, 0.2) is 12.1 Å². The number of halogens is 2. The molecule has 0 bridgehead atoms. The fraction of sp³-hybridized carbons (Fsp3) is 0.333. The van der Waals surface area contributed by atoms with Crippen molar-refractivity contribution in [2.24, 2.45) is 5.73 Å². The summed E-state index contributed by atoms with van der Waals surface area (Å²) in [7, 11) is 1.28. The zero-order chi connectivity index (χ0) is 10.0. The van der Waals surface area contributed by atoms with Crippen LogP contribution < -0.4 is 10.5 Å². The van der Waals surface area contributed by atoms with Crippen LogP contribution in [-0.4, -0.2) is 7.11 Å². The zero-order valence-electron chi connectivity index (χ0n) is 7.47. The van der Waals surface area contributed by atoms with Gasteiger partial charge in [0.2, 0.25) is 5.82 Å². The van der Waals surface area contributed by atoms with Crippen LogP contribution in [0.1, 0.15) is 18.5 Å². The third-order valence-corrected chi connectivity index (χ3v) is 1.76. The molecule has 0 spiro atoms. The summed E-state index contributed by atoms with van der Waals surface area (Å²) < 4.78 is 30.4. The number of benzene rings is 1. The number of rotatable bonds is 2. The second-order valence-electron chi connectivity index (χ2n) is 2.81. The van der Waals surface area contributed by atoms with E-state index in [1.807, 2.05) is 0 Å². The average molecular weight is 187 g/mol. The average Bonchev–Trinajstić information content (AvgIpc) is 2.09. The third-order valence-electron chi connectivity index (χ3n) is 1.76. The quantitative estimate of drug-likeness (QED) is 0.768. The van der Waals surface area contributed by atoms with Gasteiger partial charge in [0.15, 0.2) is 11.6 Å². The first-order valence-electron chi connectivity index (χ1n) is 3.84. The monoisotopic (exact) mass is 187 g/mol. The van der Waals surface area contributed by atoms with Crippen molar-refractivity contribution < 1.29 is 13.5 Å². The third kappa shape index (κ3) is 1.95. The SMILES string of the molecule is COc1cc(C(C)N)cc(F)c1F. The van der Waals surface area contributed by atoms with E-state index in [1.54, 1.807) is 6.92 Å². The van der Waals surface area contributed by atoms with E-state index < -0.39 is 11.6 Å². The summed E-state index contributed by atoms with van der Waals surface area (Å²) in [5.74, 6) is -2.04. The fourth-order valence-electron chi connectivity index (χ4n) is 0.995. The smallest absolute Gasteiger partial charge is 0.200 e. The number of ether oxygens (including phenoxy) is 1. The molecule has 0 radical (unpaired) electrons. The second-order valence-corrected chi connectivity index (χ2v) is 2.81. The molecular formula is C9H11F2NO. The van der Waals surface area contributed by atoms with E-state index >= 15 is 0 Å². The highest BCUT2D eigenvalue weighted by Crippen LogP contribution is 2.24. The van der Waals surface area contributed by atoms with Crippen LogP contribution in [0.4, 0.5) is 8.78 Å². The largest absolute Gasteiger partial charge is 0.494 e. The first-order chi connectivity index (χ1) is 6.06. The Balaban J connectivity index is 3.22. The van der Waals surface area contributed by atoms with Gasteiger partial charge in [-0.2, -0.15) is 4.39 Å². The highest BCUT2D eigenvalue weighted by atomic mass is 19.2. The van der Waals surface area contributed by atoms with Gasteiger partial charge in [0.05, 0.1) is 7.11 Å². The first-order valence-corrected chi connectivity index (χ1v) is 3.84. The highest BCUT2D eigenvalue weighted by molar-refractivity contribution is 5.32. The molecule has 13 heavy (non-hydrogen) atoms. The second kappa shape index (κ2) is 3.70. The van der Waals surface area contributed by atoms with Crippen LogP contribution in [0.2, 0.25) is 0 Å². The minimum Gasteiger partial charge on any atom is -0.494 e. The van der Waals surface area contributed by atoms with Crippen molar-refractivity contribution in [3.63, 3.8) is 0 Å². The molecule has 1 rings (SSSR count). The summed E-state index contributed by atoms with van der Waals surface area (Å²) in [4.78, 5) is 0. The van der Waals surface area contributed by atoms with Crippen LogP contribution >= 0.6 is 0 Å². The van der Waals surface area contributed by atoms with Crippen LogP contribution in [0.5, 0.6) is 5.75 Å². The van der Waals surface area contributed by atoms with Crippen LogP contribution in [0.3, 0.4) is 0 Å². The Kier molecular flexibility index (Phi) is 2.83. The van der Waals surface area contributed by atoms with Gasteiger partial charge in [0.25, 0.3) is 0 Å². The van der Waals surface area contributed by atoms with Crippen molar-refractivity contribution in [1.82, 2.24) is 0 Å². The van der Waals surface area contributed by atoms with Crippen LogP contribution in [0.25, 0.3) is 0 Å². The van der Waals surface area contributed by atoms with E-state index in [4.69, 9.17) is 5.73 Å². The minimum absolute atomic E-state index is 0.118. The Bertz CT molecular complexity index is 313. The maximum atomic E-state index is 12.9. The lowest BCUT2D eigenvalue weighted by molar-refractivity contribution is 0.370. The summed E-state index contributed by atoms with van der Waals surface area (Å²) in [6, 6.07) is 2.12. The Morgan fingerprint density at radius 3 is 2.46 bits per heavy atom. The summed E-state index contributed by atoms with van der Waals surface area (Å²) in [5.41, 5.74) is 6.02. The molecule has 1 aromatic carbocycles. The van der Waals surface area contributed by atoms with Gasteiger partial charge >= 0.3 is 0 Å². The molecule has 0 aliphatic carbocycles. The van der Waals surface area contributed by atoms with Crippen molar-refractivity contribution in [3.8, 4) is 5.75 Å². The standard InChI is InChI=1S/C9H11F2NO/c1-5(12)6-3-7(10)9(11)8(4-6)13-2/h3-5H,12H2,1-2H3. The Morgan fingerprint density at radius 2 is 2.00 bits per heavy atom. The molecule has 4 heteroatoms. The molecule has 1 unspecified atom stereocenters. The van der Waals surface area contributed by atoms with Crippen LogP contribution in [-0.2, 0) is 0 Å². The normalized spacial score (nSPS) is 12.7. The number of hydrogen-bond acceptors (Lipinski definition) is 2. The van der Waals surface area contributed by atoms with Gasteiger partial charge in [0.1, 0.15) is 0 Å². The van der Waals surface area contributed by atoms with E-state index in [1.165, 1.54) is 13.2 Å². The Labute approximate surface area is 75.3 Å². The molecule has 72 valence electrons. The van der Waals surface area contributed by atoms with Crippen molar-refractivity contribution in [1.29, 1.82) is 0 Å². The van der Waals surface area contributed by atoms with Crippen molar-refractivity contribution in [2.75, 3.05) is 7.11 Å². The maximum absolute atomic E-state index is 12.9. The van der Waals surface area contributed by atoms with E-state index in [0.717, 1.165) is 6.07 Å². The maximum Gasteiger partial charge on any atom is 0.200 e. The minimum atomic E-state index is -0.980. The molecule has 0 saturated heterocycles. The topological polar surface area (TPSA) is 35.2 Å². The van der Waals surface area contributed by atoms with Gasteiger partial charge in [-0.15, -0.1) is 0 Å². The molecule has 0 aromatic heterocycles. The van der Waals surface area contributed by atoms with E-state index in [-0.39, 0.29) is 11.8 Å². The van der Waals surface area contributed by atoms with Gasteiger partial charge in [0, 0.05) is 6.04 Å². The highest BCUT2D eigenvalue weighted by Gasteiger charge is 2.12. The summed E-state index contributed by atoms with van der Waals surface area (Å²) in [5, 5.41) is 0. The summed E-state index contributed by atoms with van der Waals surface area (Å²) in [6.45, 7) is 1.69. The molecule has 2 nitrogen and oxygen atoms in total. The molecule has 1 atom stereocenters. The lowest BCUT2D eigenvalue weighted by atomic mass is 10.1. The molecule has 0 aliphatic rings. The van der Waals surface area contributed by atoms with Crippen molar-refractivity contribution in [2.45, 2.75) is 13.0 Å². The Morgan fingerprint density at radius 1 is 1.38 bits per heavy atom. The molecule has 0 fully saturated rings. The Hall–Kier alpha value is -1.16. The molecule has 0 saturated carbocycles. The summed E-state index contributed by atoms with van der Waals surface area (Å²) in [6.07, 6.45) is 0. The number of methoxy groups -OCH3 is 1. The molecule has 1 aromatic rings. The van der Waals surface area contributed by atoms with Gasteiger partial charge in [-0.25, -0.2) is 4.39 Å². The van der Waals surface area contributed by atoms with Gasteiger partial charge < -0.3 is 10.5 Å². The lowest BCUT2D eigenvalue weighted by Gasteiger charge is -2.09. The molecular weight excluding hydrogens is 176 g/mol. The predicted molar refractivity (Wildman–Crippen MR) is 45.5 cm³/mol. The van der Waals surface area contributed by atoms with Crippen LogP contribution in [0, 0.1) is 11.6 Å². The zero-order valence-corrected chi connectivity index (χ0v) is 7.47. The summed E-state index contributed by atoms with van der Waals surface area (Å²) >= 11 is 0. The van der Waals surface area contributed by atoms with Gasteiger partial charge in [-0.3, -0.25) is 0 Å². The van der Waals surface area contributed by atoms with Gasteiger partial charge in [-0.1, -0.05) is 0 Å². The number of hydrogen-bond donors (Lipinski definition) is 1.